The van der Waals surface area contributed by atoms with Crippen molar-refractivity contribution in [2.24, 2.45) is 10.2 Å². The van der Waals surface area contributed by atoms with Gasteiger partial charge >= 0.3 is 5.97 Å². The summed E-state index contributed by atoms with van der Waals surface area (Å²) in [5.41, 5.74) is 15.4. The van der Waals surface area contributed by atoms with E-state index in [4.69, 9.17) is 26.4 Å². The number of carboxylic acid groups (broad SMARTS) is 1. The Morgan fingerprint density at radius 2 is 1.73 bits per heavy atom. The van der Waals surface area contributed by atoms with Gasteiger partial charge in [0, 0.05) is 9.82 Å². The number of hydrogen-bond donors (Lipinski definition) is 3. The van der Waals surface area contributed by atoms with Crippen molar-refractivity contribution in [3.63, 3.8) is 0 Å². The molecule has 15 heavy (non-hydrogen) atoms. The van der Waals surface area contributed by atoms with E-state index in [0.717, 1.165) is 0 Å². The third-order valence-electron chi connectivity index (χ3n) is 0.807. The van der Waals surface area contributed by atoms with Crippen LogP contribution in [0, 0.1) is 0 Å². The van der Waals surface area contributed by atoms with Gasteiger partial charge in [-0.05, 0) is 18.0 Å². The molecular weight excluding hydrogens is 208 g/mol. The number of carbonyl (C=O) groups is 1. The molecule has 3 N–H and O–H groups in total. The van der Waals surface area contributed by atoms with Crippen LogP contribution < -0.4 is 0 Å². The lowest BCUT2D eigenvalue weighted by Gasteiger charge is -1.91. The lowest BCUT2D eigenvalue weighted by Crippen LogP contribution is -2.12. The second-order valence-electron chi connectivity index (χ2n) is 2.15. The van der Waals surface area contributed by atoms with E-state index in [1.165, 1.54) is 6.92 Å². The second-order valence-corrected chi connectivity index (χ2v) is 2.15. The Morgan fingerprint density at radius 3 is 1.87 bits per heavy atom. The summed E-state index contributed by atoms with van der Waals surface area (Å²) in [7, 11) is 0. The van der Waals surface area contributed by atoms with Crippen LogP contribution in [-0.2, 0) is 4.79 Å². The molecular formula is C5H10N6O4. The molecule has 0 fully saturated rings. The number of aliphatic hydroxyl groups excluding tert-OH is 2. The van der Waals surface area contributed by atoms with Gasteiger partial charge in [-0.1, -0.05) is 10.2 Å². The van der Waals surface area contributed by atoms with E-state index >= 15 is 0 Å². The van der Waals surface area contributed by atoms with E-state index < -0.39 is 18.2 Å². The number of aliphatic hydroxyl groups is 2. The largest absolute Gasteiger partial charge is 0.481 e. The molecule has 0 saturated heterocycles. The van der Waals surface area contributed by atoms with Gasteiger partial charge in [0.15, 0.2) is 0 Å². The number of carboxylic acids is 1. The normalized spacial score (nSPS) is 11.9. The fourth-order valence-electron chi connectivity index (χ4n) is 0.220. The molecule has 0 amide bonds. The Labute approximate surface area is 84.0 Å². The van der Waals surface area contributed by atoms with E-state index in [1.807, 2.05) is 0 Å². The van der Waals surface area contributed by atoms with Crippen LogP contribution in [0.3, 0.4) is 0 Å². The third-order valence-corrected chi connectivity index (χ3v) is 0.807. The monoisotopic (exact) mass is 218 g/mol. The Kier molecular flexibility index (Phi) is 10.4. The fraction of sp³-hybridized carbons (Fsp3) is 0.800. The van der Waals surface area contributed by atoms with Crippen LogP contribution >= 0.6 is 0 Å². The minimum absolute atomic E-state index is 0.139. The molecule has 10 nitrogen and oxygen atoms in total. The van der Waals surface area contributed by atoms with E-state index in [-0.39, 0.29) is 6.61 Å². The second kappa shape index (κ2) is 10.1. The molecule has 0 spiro atoms. The van der Waals surface area contributed by atoms with Gasteiger partial charge in [0.25, 0.3) is 0 Å². The summed E-state index contributed by atoms with van der Waals surface area (Å²) < 4.78 is 0. The molecule has 0 aliphatic heterocycles. The number of hydrogen-bond acceptors (Lipinski definition) is 5. The highest BCUT2D eigenvalue weighted by Crippen LogP contribution is 1.93. The van der Waals surface area contributed by atoms with Crippen molar-refractivity contribution in [3.8, 4) is 0 Å². The summed E-state index contributed by atoms with van der Waals surface area (Å²) in [6.07, 6.45) is -2.25. The summed E-state index contributed by atoms with van der Waals surface area (Å²) in [5, 5.41) is 29.5. The fourth-order valence-corrected chi connectivity index (χ4v) is 0.220. The number of rotatable bonds is 4. The molecule has 0 aromatic rings. The Balaban J connectivity index is 0. The maximum absolute atomic E-state index is 9.95. The third kappa shape index (κ3) is 12.0. The molecule has 84 valence electrons. The zero-order valence-corrected chi connectivity index (χ0v) is 7.79. The number of nitrogens with zero attached hydrogens (tertiary/aromatic N) is 6. The highest BCUT2D eigenvalue weighted by atomic mass is 16.4. The maximum Gasteiger partial charge on any atom is 0.318 e. The average Bonchev–Trinajstić information content (AvgIpc) is 2.18. The first-order valence-electron chi connectivity index (χ1n) is 3.59. The van der Waals surface area contributed by atoms with Crippen LogP contribution in [0.15, 0.2) is 10.2 Å². The van der Waals surface area contributed by atoms with E-state index in [0.29, 0.717) is 0 Å². The van der Waals surface area contributed by atoms with Crippen molar-refractivity contribution in [2.75, 3.05) is 6.61 Å². The predicted octanol–water partition coefficient (Wildman–Crippen LogP) is 0.377. The molecule has 0 radical (unpaired) electrons. The van der Waals surface area contributed by atoms with Gasteiger partial charge in [0.05, 0.1) is 12.7 Å². The van der Waals surface area contributed by atoms with E-state index in [2.05, 4.69) is 20.1 Å². The standard InChI is InChI=1S/C3H8O2.C2H2N6O2/c1-3(5)2-4;3-7-5-1(2(9)10)6-8-4/h3-5H,2H2,1H3;1H,(H,9,10). The van der Waals surface area contributed by atoms with Gasteiger partial charge in [-0.15, -0.1) is 0 Å². The minimum Gasteiger partial charge on any atom is -0.481 e. The van der Waals surface area contributed by atoms with Gasteiger partial charge in [0.2, 0.25) is 6.17 Å². The molecule has 0 aliphatic rings. The van der Waals surface area contributed by atoms with Crippen molar-refractivity contribution in [1.82, 2.24) is 0 Å². The summed E-state index contributed by atoms with van der Waals surface area (Å²) >= 11 is 0. The van der Waals surface area contributed by atoms with Crippen molar-refractivity contribution in [3.05, 3.63) is 20.9 Å². The maximum atomic E-state index is 9.95. The summed E-state index contributed by atoms with van der Waals surface area (Å²) in [5.74, 6) is -1.48. The van der Waals surface area contributed by atoms with Gasteiger partial charge in [0.1, 0.15) is 0 Å². The van der Waals surface area contributed by atoms with Crippen LogP contribution in [0.4, 0.5) is 0 Å². The summed E-state index contributed by atoms with van der Waals surface area (Å²) in [4.78, 5) is 14.3. The van der Waals surface area contributed by atoms with Crippen LogP contribution in [0.5, 0.6) is 0 Å². The highest BCUT2D eigenvalue weighted by molar-refractivity contribution is 5.73. The summed E-state index contributed by atoms with van der Waals surface area (Å²) in [6, 6.07) is 0. The van der Waals surface area contributed by atoms with Crippen molar-refractivity contribution >= 4 is 5.97 Å². The molecule has 0 bridgehead atoms. The van der Waals surface area contributed by atoms with Crippen LogP contribution in [0.1, 0.15) is 6.92 Å². The molecule has 0 rings (SSSR count). The molecule has 1 unspecified atom stereocenters. The molecule has 1 atom stereocenters. The van der Waals surface area contributed by atoms with Gasteiger partial charge in [-0.2, -0.15) is 0 Å². The van der Waals surface area contributed by atoms with Crippen molar-refractivity contribution in [1.29, 1.82) is 0 Å². The zero-order valence-electron chi connectivity index (χ0n) is 7.79. The predicted molar refractivity (Wildman–Crippen MR) is 48.5 cm³/mol. The zero-order chi connectivity index (χ0) is 12.3. The first-order valence-corrected chi connectivity index (χ1v) is 3.59. The van der Waals surface area contributed by atoms with E-state index in [1.54, 1.807) is 0 Å². The lowest BCUT2D eigenvalue weighted by atomic mass is 10.5. The Bertz CT molecular complexity index is 258. The lowest BCUT2D eigenvalue weighted by molar-refractivity contribution is -0.138. The van der Waals surface area contributed by atoms with Gasteiger partial charge < -0.3 is 15.3 Å². The highest BCUT2D eigenvalue weighted by Gasteiger charge is 2.11. The van der Waals surface area contributed by atoms with Gasteiger partial charge in [-0.25, -0.2) is 0 Å². The quantitative estimate of drug-likeness (QED) is 0.351. The van der Waals surface area contributed by atoms with E-state index in [9.17, 15) is 4.79 Å². The molecule has 0 aromatic carbocycles. The Morgan fingerprint density at radius 1 is 1.40 bits per heavy atom. The van der Waals surface area contributed by atoms with Crippen molar-refractivity contribution in [2.45, 2.75) is 19.2 Å². The molecule has 0 heterocycles. The molecule has 10 heteroatoms. The number of azide groups is 1. The minimum atomic E-state index is -1.69. The summed E-state index contributed by atoms with van der Waals surface area (Å²) in [6.45, 7) is 1.39. The SMILES string of the molecule is CC(O)CO.[N-]=[N+]=NC(N=[N+]=[N-])C(=O)O. The van der Waals surface area contributed by atoms with Crippen LogP contribution in [0.25, 0.3) is 20.9 Å². The van der Waals surface area contributed by atoms with Crippen molar-refractivity contribution < 1.29 is 20.1 Å². The van der Waals surface area contributed by atoms with Crippen LogP contribution in [0.2, 0.25) is 0 Å². The topological polar surface area (TPSA) is 175 Å². The first kappa shape index (κ1) is 15.5. The molecule has 0 aliphatic carbocycles. The smallest absolute Gasteiger partial charge is 0.318 e. The van der Waals surface area contributed by atoms with Crippen LogP contribution in [-0.4, -0.2) is 40.2 Å². The first-order chi connectivity index (χ1) is 6.99. The molecule has 0 saturated carbocycles. The molecule has 0 aromatic heterocycles. The van der Waals surface area contributed by atoms with Gasteiger partial charge in [-0.3, -0.25) is 4.79 Å². The average molecular weight is 218 g/mol. The number of aliphatic carboxylic acids is 1. The Hall–Kier alpha value is -1.99.